The van der Waals surface area contributed by atoms with Gasteiger partial charge in [-0.1, -0.05) is 13.3 Å². The van der Waals surface area contributed by atoms with Crippen LogP contribution in [0.4, 0.5) is 0 Å². The van der Waals surface area contributed by atoms with E-state index >= 15 is 0 Å². The van der Waals surface area contributed by atoms with Crippen LogP contribution in [-0.4, -0.2) is 18.0 Å². The van der Waals surface area contributed by atoms with Crippen molar-refractivity contribution in [1.82, 2.24) is 0 Å². The maximum Gasteiger partial charge on any atom is 0.154 e. The molecule has 9 heavy (non-hydrogen) atoms. The van der Waals surface area contributed by atoms with Crippen LogP contribution in [0.25, 0.3) is 0 Å². The Kier molecular flexibility index (Phi) is 5.99. The van der Waals surface area contributed by atoms with E-state index in [1.807, 2.05) is 0 Å². The highest BCUT2D eigenvalue weighted by atomic mass is 16.6. The molecule has 0 spiro atoms. The summed E-state index contributed by atoms with van der Waals surface area (Å²) in [6.45, 7) is 6.22. The van der Waals surface area contributed by atoms with Crippen LogP contribution in [-0.2, 0) is 4.74 Å². The minimum Gasteiger partial charge on any atom is -0.368 e. The Morgan fingerprint density at radius 3 is 2.78 bits per heavy atom. The first-order valence-electron chi connectivity index (χ1n) is 3.40. The lowest BCUT2D eigenvalue weighted by atomic mass is 10.4. The molecule has 1 atom stereocenters. The largest absolute Gasteiger partial charge is 0.368 e. The molecule has 1 unspecified atom stereocenters. The summed E-state index contributed by atoms with van der Waals surface area (Å²) in [5.74, 6) is 0. The molecule has 1 radical (unpaired) electrons. The molecule has 2 nitrogen and oxygen atoms in total. The van der Waals surface area contributed by atoms with Gasteiger partial charge in [0.15, 0.2) is 6.29 Å². The summed E-state index contributed by atoms with van der Waals surface area (Å²) in [4.78, 5) is 0. The van der Waals surface area contributed by atoms with Crippen molar-refractivity contribution in [3.8, 4) is 0 Å². The van der Waals surface area contributed by atoms with Crippen LogP contribution in [0.2, 0.25) is 0 Å². The minimum atomic E-state index is -0.656. The van der Waals surface area contributed by atoms with E-state index in [9.17, 15) is 0 Å². The molecule has 0 amide bonds. The first-order chi connectivity index (χ1) is 4.31. The summed E-state index contributed by atoms with van der Waals surface area (Å²) in [5, 5.41) is 8.80. The minimum absolute atomic E-state index is 0.434. The lowest BCUT2D eigenvalue weighted by molar-refractivity contribution is -0.0968. The van der Waals surface area contributed by atoms with Gasteiger partial charge in [-0.2, -0.15) is 0 Å². The fourth-order valence-electron chi connectivity index (χ4n) is 0.447. The van der Waals surface area contributed by atoms with Gasteiger partial charge in [-0.05, 0) is 19.8 Å². The highest BCUT2D eigenvalue weighted by molar-refractivity contribution is 4.42. The number of rotatable bonds is 5. The van der Waals surface area contributed by atoms with Gasteiger partial charge < -0.3 is 9.84 Å². The average molecular weight is 131 g/mol. The Bertz CT molecular complexity index is 54.9. The monoisotopic (exact) mass is 131 g/mol. The second-order valence-corrected chi connectivity index (χ2v) is 1.97. The van der Waals surface area contributed by atoms with E-state index in [-0.39, 0.29) is 0 Å². The lowest BCUT2D eigenvalue weighted by Crippen LogP contribution is -2.10. The zero-order chi connectivity index (χ0) is 7.11. The van der Waals surface area contributed by atoms with Gasteiger partial charge in [0.25, 0.3) is 0 Å². The van der Waals surface area contributed by atoms with Crippen molar-refractivity contribution >= 4 is 0 Å². The summed E-state index contributed by atoms with van der Waals surface area (Å²) in [6.07, 6.45) is 1.89. The first kappa shape index (κ1) is 8.92. The first-order valence-corrected chi connectivity index (χ1v) is 3.40. The van der Waals surface area contributed by atoms with E-state index in [4.69, 9.17) is 9.84 Å². The van der Waals surface area contributed by atoms with Crippen LogP contribution in [0, 0.1) is 6.92 Å². The van der Waals surface area contributed by atoms with Crippen molar-refractivity contribution in [1.29, 1.82) is 0 Å². The molecule has 0 rings (SSSR count). The summed E-state index contributed by atoms with van der Waals surface area (Å²) >= 11 is 0. The van der Waals surface area contributed by atoms with Gasteiger partial charge in [0.1, 0.15) is 0 Å². The number of unbranched alkanes of at least 4 members (excludes halogenated alkanes) is 1. The molecule has 0 aromatic heterocycles. The van der Waals surface area contributed by atoms with Crippen LogP contribution >= 0.6 is 0 Å². The highest BCUT2D eigenvalue weighted by Gasteiger charge is 1.96. The Balaban J connectivity index is 2.88. The number of aliphatic hydroxyl groups is 1. The number of aliphatic hydroxyl groups excluding tert-OH is 1. The van der Waals surface area contributed by atoms with Gasteiger partial charge in [-0.15, -0.1) is 0 Å². The van der Waals surface area contributed by atoms with E-state index < -0.39 is 6.29 Å². The standard InChI is InChI=1S/C7H15O2/c1-3-5-6-9-7(8)4-2/h7-8H,2-6H2,1H3. The topological polar surface area (TPSA) is 29.5 Å². The van der Waals surface area contributed by atoms with Crippen molar-refractivity contribution in [2.45, 2.75) is 32.5 Å². The molecule has 0 aliphatic carbocycles. The van der Waals surface area contributed by atoms with Gasteiger partial charge in [0.05, 0.1) is 0 Å². The van der Waals surface area contributed by atoms with E-state index in [2.05, 4.69) is 13.8 Å². The Morgan fingerprint density at radius 1 is 1.67 bits per heavy atom. The van der Waals surface area contributed by atoms with Crippen molar-refractivity contribution in [3.63, 3.8) is 0 Å². The molecule has 0 bridgehead atoms. The maximum absolute atomic E-state index is 8.80. The maximum atomic E-state index is 8.80. The third-order valence-corrected chi connectivity index (χ3v) is 1.06. The van der Waals surface area contributed by atoms with E-state index in [1.165, 1.54) is 0 Å². The van der Waals surface area contributed by atoms with Gasteiger partial charge in [0, 0.05) is 6.61 Å². The average Bonchev–Trinajstić information content (AvgIpc) is 1.89. The zero-order valence-corrected chi connectivity index (χ0v) is 5.97. The third-order valence-electron chi connectivity index (χ3n) is 1.06. The quantitative estimate of drug-likeness (QED) is 0.450. The Morgan fingerprint density at radius 2 is 2.33 bits per heavy atom. The molecule has 0 aromatic carbocycles. The van der Waals surface area contributed by atoms with E-state index in [0.717, 1.165) is 12.8 Å². The summed E-state index contributed by atoms with van der Waals surface area (Å²) in [5.41, 5.74) is 0. The molecule has 2 heteroatoms. The predicted octanol–water partition coefficient (Wildman–Crippen LogP) is 1.35. The number of hydrogen-bond donors (Lipinski definition) is 1. The number of hydrogen-bond acceptors (Lipinski definition) is 2. The van der Waals surface area contributed by atoms with Gasteiger partial charge in [-0.3, -0.25) is 0 Å². The number of ether oxygens (including phenoxy) is 1. The normalized spacial score (nSPS) is 13.7. The van der Waals surface area contributed by atoms with Crippen LogP contribution < -0.4 is 0 Å². The van der Waals surface area contributed by atoms with E-state index in [1.54, 1.807) is 0 Å². The lowest BCUT2D eigenvalue weighted by Gasteiger charge is -2.07. The van der Waals surface area contributed by atoms with Crippen molar-refractivity contribution < 1.29 is 9.84 Å². The Hall–Kier alpha value is -0.0800. The molecule has 1 N–H and O–H groups in total. The second kappa shape index (κ2) is 6.05. The van der Waals surface area contributed by atoms with Crippen LogP contribution in [0.15, 0.2) is 0 Å². The Labute approximate surface area is 56.8 Å². The molecule has 0 saturated heterocycles. The summed E-state index contributed by atoms with van der Waals surface area (Å²) < 4.78 is 4.92. The van der Waals surface area contributed by atoms with Gasteiger partial charge >= 0.3 is 0 Å². The molecule has 55 valence electrons. The van der Waals surface area contributed by atoms with Crippen LogP contribution in [0.3, 0.4) is 0 Å². The molecule has 0 aliphatic heterocycles. The molecule has 0 saturated carbocycles. The van der Waals surface area contributed by atoms with Crippen molar-refractivity contribution in [3.05, 3.63) is 6.92 Å². The smallest absolute Gasteiger partial charge is 0.154 e. The molecule has 0 fully saturated rings. The summed E-state index contributed by atoms with van der Waals surface area (Å²) in [7, 11) is 0. The van der Waals surface area contributed by atoms with Gasteiger partial charge in [0.2, 0.25) is 0 Å². The molecular weight excluding hydrogens is 116 g/mol. The van der Waals surface area contributed by atoms with Crippen LogP contribution in [0.1, 0.15) is 26.2 Å². The van der Waals surface area contributed by atoms with Crippen molar-refractivity contribution in [2.75, 3.05) is 6.61 Å². The zero-order valence-electron chi connectivity index (χ0n) is 5.97. The second-order valence-electron chi connectivity index (χ2n) is 1.97. The molecular formula is C7H15O2. The SMILES string of the molecule is [CH2]CC(O)OCCCC. The third kappa shape index (κ3) is 5.80. The molecule has 0 aliphatic rings. The fraction of sp³-hybridized carbons (Fsp3) is 0.857. The fourth-order valence-corrected chi connectivity index (χ4v) is 0.447. The molecule has 0 heterocycles. The van der Waals surface area contributed by atoms with Crippen LogP contribution in [0.5, 0.6) is 0 Å². The van der Waals surface area contributed by atoms with Gasteiger partial charge in [-0.25, -0.2) is 0 Å². The van der Waals surface area contributed by atoms with Crippen molar-refractivity contribution in [2.24, 2.45) is 0 Å². The molecule has 0 aromatic rings. The highest BCUT2D eigenvalue weighted by Crippen LogP contribution is 1.94. The predicted molar refractivity (Wildman–Crippen MR) is 36.8 cm³/mol. The van der Waals surface area contributed by atoms with E-state index in [0.29, 0.717) is 13.0 Å². The summed E-state index contributed by atoms with van der Waals surface area (Å²) in [6, 6.07) is 0.